The van der Waals surface area contributed by atoms with Crippen molar-refractivity contribution in [2.45, 2.75) is 44.2 Å². The fraction of sp³-hybridized carbons (Fsp3) is 0.700. The van der Waals surface area contributed by atoms with E-state index in [1.165, 1.54) is 29.1 Å². The summed E-state index contributed by atoms with van der Waals surface area (Å²) in [6, 6.07) is 1.56. The lowest BCUT2D eigenvalue weighted by atomic mass is 9.88. The molecule has 2 aliphatic heterocycles. The van der Waals surface area contributed by atoms with Crippen molar-refractivity contribution < 1.29 is 0 Å². The van der Waals surface area contributed by atoms with Gasteiger partial charge in [-0.3, -0.25) is 0 Å². The lowest BCUT2D eigenvalue weighted by molar-refractivity contribution is 0.512. The lowest BCUT2D eigenvalue weighted by Gasteiger charge is -2.17. The minimum atomic E-state index is 0.754. The maximum Gasteiger partial charge on any atom is 0.0896 e. The Morgan fingerprint density at radius 1 is 1.54 bits per heavy atom. The summed E-state index contributed by atoms with van der Waals surface area (Å²) < 4.78 is 0. The lowest BCUT2D eigenvalue weighted by Crippen LogP contribution is -2.21. The van der Waals surface area contributed by atoms with E-state index >= 15 is 0 Å². The van der Waals surface area contributed by atoms with Gasteiger partial charge in [0.1, 0.15) is 0 Å². The van der Waals surface area contributed by atoms with Gasteiger partial charge < -0.3 is 5.32 Å². The molecule has 2 aliphatic rings. The molecule has 13 heavy (non-hydrogen) atoms. The van der Waals surface area contributed by atoms with Gasteiger partial charge in [0, 0.05) is 29.1 Å². The highest BCUT2D eigenvalue weighted by molar-refractivity contribution is 7.11. The normalized spacial score (nSPS) is 37.2. The molecule has 0 amide bonds. The maximum absolute atomic E-state index is 4.34. The van der Waals surface area contributed by atoms with Crippen LogP contribution in [0.1, 0.15) is 35.1 Å². The molecule has 0 aliphatic carbocycles. The van der Waals surface area contributed by atoms with Crippen LogP contribution < -0.4 is 5.32 Å². The Kier molecular flexibility index (Phi) is 1.70. The van der Waals surface area contributed by atoms with E-state index < -0.39 is 0 Å². The Balaban J connectivity index is 1.87. The summed E-state index contributed by atoms with van der Waals surface area (Å²) in [6.07, 6.45) is 6.17. The molecule has 2 fully saturated rings. The molecule has 2 bridgehead atoms. The molecule has 3 heterocycles. The molecule has 0 radical (unpaired) electrons. The number of rotatable bonds is 1. The van der Waals surface area contributed by atoms with Crippen LogP contribution in [0.3, 0.4) is 0 Å². The van der Waals surface area contributed by atoms with Gasteiger partial charge in [0.05, 0.1) is 5.01 Å². The predicted octanol–water partition coefficient (Wildman–Crippen LogP) is 2.06. The maximum atomic E-state index is 4.34. The SMILES string of the molecule is Cc1ncc(C2CC3CCC2N3)s1. The number of fused-ring (bicyclic) bond motifs is 2. The van der Waals surface area contributed by atoms with Crippen molar-refractivity contribution in [1.82, 2.24) is 10.3 Å². The molecule has 3 rings (SSSR count). The van der Waals surface area contributed by atoms with Gasteiger partial charge in [-0.2, -0.15) is 0 Å². The zero-order valence-corrected chi connectivity index (χ0v) is 8.60. The minimum absolute atomic E-state index is 0.754. The highest BCUT2D eigenvalue weighted by atomic mass is 32.1. The first-order valence-corrected chi connectivity index (χ1v) is 5.83. The van der Waals surface area contributed by atoms with Crippen LogP contribution in [-0.4, -0.2) is 17.1 Å². The molecule has 70 valence electrons. The Hall–Kier alpha value is -0.410. The first-order valence-electron chi connectivity index (χ1n) is 5.01. The number of aromatic nitrogens is 1. The molecule has 3 heteroatoms. The molecule has 3 unspecified atom stereocenters. The zero-order valence-electron chi connectivity index (χ0n) is 7.79. The summed E-state index contributed by atoms with van der Waals surface area (Å²) in [4.78, 5) is 5.83. The van der Waals surface area contributed by atoms with E-state index in [1.54, 1.807) is 0 Å². The molecule has 0 aromatic carbocycles. The fourth-order valence-electron chi connectivity index (χ4n) is 2.69. The second-order valence-electron chi connectivity index (χ2n) is 4.17. The number of aryl methyl sites for hydroxylation is 1. The van der Waals surface area contributed by atoms with Crippen molar-refractivity contribution >= 4 is 11.3 Å². The van der Waals surface area contributed by atoms with Crippen LogP contribution >= 0.6 is 11.3 Å². The van der Waals surface area contributed by atoms with Crippen LogP contribution in [0, 0.1) is 6.92 Å². The highest BCUT2D eigenvalue weighted by Crippen LogP contribution is 2.41. The third-order valence-electron chi connectivity index (χ3n) is 3.30. The summed E-state index contributed by atoms with van der Waals surface area (Å²) >= 11 is 1.87. The molecule has 1 aromatic rings. The van der Waals surface area contributed by atoms with Crippen LogP contribution in [0.4, 0.5) is 0 Å². The van der Waals surface area contributed by atoms with Crippen molar-refractivity contribution in [2.24, 2.45) is 0 Å². The Bertz CT molecular complexity index is 320. The molecule has 2 saturated heterocycles. The molecule has 0 saturated carbocycles. The standard InChI is InChI=1S/C10H14N2S/c1-6-11-5-10(13-6)8-4-7-2-3-9(8)12-7/h5,7-9,12H,2-4H2,1H3. The van der Waals surface area contributed by atoms with Gasteiger partial charge in [-0.1, -0.05) is 0 Å². The van der Waals surface area contributed by atoms with Crippen LogP contribution in [0.15, 0.2) is 6.20 Å². The smallest absolute Gasteiger partial charge is 0.0896 e. The van der Waals surface area contributed by atoms with Gasteiger partial charge in [-0.05, 0) is 26.2 Å². The highest BCUT2D eigenvalue weighted by Gasteiger charge is 2.40. The van der Waals surface area contributed by atoms with Gasteiger partial charge in [0.15, 0.2) is 0 Å². The Morgan fingerprint density at radius 2 is 2.46 bits per heavy atom. The second-order valence-corrected chi connectivity index (χ2v) is 5.44. The van der Waals surface area contributed by atoms with E-state index in [2.05, 4.69) is 23.4 Å². The average molecular weight is 194 g/mol. The molecule has 3 atom stereocenters. The van der Waals surface area contributed by atoms with Crippen molar-refractivity contribution in [3.63, 3.8) is 0 Å². The van der Waals surface area contributed by atoms with E-state index in [1.807, 2.05) is 11.3 Å². The molecular weight excluding hydrogens is 180 g/mol. The summed E-state index contributed by atoms with van der Waals surface area (Å²) in [7, 11) is 0. The number of hydrogen-bond acceptors (Lipinski definition) is 3. The number of nitrogens with zero attached hydrogens (tertiary/aromatic N) is 1. The summed E-state index contributed by atoms with van der Waals surface area (Å²) in [6.45, 7) is 2.09. The van der Waals surface area contributed by atoms with E-state index in [4.69, 9.17) is 0 Å². The second kappa shape index (κ2) is 2.79. The third kappa shape index (κ3) is 1.22. The van der Waals surface area contributed by atoms with Crippen molar-refractivity contribution in [1.29, 1.82) is 0 Å². The average Bonchev–Trinajstić information content (AvgIpc) is 2.77. The van der Waals surface area contributed by atoms with E-state index in [0.717, 1.165) is 18.0 Å². The van der Waals surface area contributed by atoms with Gasteiger partial charge in [-0.15, -0.1) is 11.3 Å². The van der Waals surface area contributed by atoms with Crippen molar-refractivity contribution in [3.8, 4) is 0 Å². The first-order chi connectivity index (χ1) is 6.33. The number of nitrogens with one attached hydrogen (secondary N) is 1. The van der Waals surface area contributed by atoms with Gasteiger partial charge in [-0.25, -0.2) is 4.98 Å². The van der Waals surface area contributed by atoms with Gasteiger partial charge >= 0.3 is 0 Å². The summed E-state index contributed by atoms with van der Waals surface area (Å²) in [5, 5.41) is 4.87. The first kappa shape index (κ1) is 7.94. The largest absolute Gasteiger partial charge is 0.311 e. The third-order valence-corrected chi connectivity index (χ3v) is 4.35. The monoisotopic (exact) mass is 194 g/mol. The van der Waals surface area contributed by atoms with E-state index in [-0.39, 0.29) is 0 Å². The number of thiazole rings is 1. The topological polar surface area (TPSA) is 24.9 Å². The van der Waals surface area contributed by atoms with E-state index in [9.17, 15) is 0 Å². The Morgan fingerprint density at radius 3 is 3.00 bits per heavy atom. The van der Waals surface area contributed by atoms with Crippen molar-refractivity contribution in [3.05, 3.63) is 16.1 Å². The quantitative estimate of drug-likeness (QED) is 0.740. The van der Waals surface area contributed by atoms with Gasteiger partial charge in [0.2, 0.25) is 0 Å². The van der Waals surface area contributed by atoms with Gasteiger partial charge in [0.25, 0.3) is 0 Å². The molecular formula is C10H14N2S. The van der Waals surface area contributed by atoms with Crippen LogP contribution in [0.25, 0.3) is 0 Å². The Labute approximate surface area is 82.4 Å². The van der Waals surface area contributed by atoms with Crippen LogP contribution in [0.5, 0.6) is 0 Å². The fourth-order valence-corrected chi connectivity index (χ4v) is 3.65. The zero-order chi connectivity index (χ0) is 8.84. The molecule has 1 aromatic heterocycles. The summed E-state index contributed by atoms with van der Waals surface area (Å²) in [5.74, 6) is 0.768. The molecule has 2 nitrogen and oxygen atoms in total. The molecule has 0 spiro atoms. The van der Waals surface area contributed by atoms with E-state index in [0.29, 0.717) is 0 Å². The van der Waals surface area contributed by atoms with Crippen LogP contribution in [0.2, 0.25) is 0 Å². The van der Waals surface area contributed by atoms with Crippen molar-refractivity contribution in [2.75, 3.05) is 0 Å². The summed E-state index contributed by atoms with van der Waals surface area (Å²) in [5.41, 5.74) is 0. The molecule has 1 N–H and O–H groups in total. The van der Waals surface area contributed by atoms with Crippen LogP contribution in [-0.2, 0) is 0 Å². The number of hydrogen-bond donors (Lipinski definition) is 1. The predicted molar refractivity (Wildman–Crippen MR) is 54.2 cm³/mol. The minimum Gasteiger partial charge on any atom is -0.311 e.